The number of likely N-dealkylation sites (tertiary alicyclic amines) is 1. The zero-order valence-corrected chi connectivity index (χ0v) is 23.9. The van der Waals surface area contributed by atoms with Gasteiger partial charge in [0.05, 0.1) is 5.92 Å². The summed E-state index contributed by atoms with van der Waals surface area (Å²) in [6.07, 6.45) is 2.73. The number of carbonyl (C=O) groups is 3. The van der Waals surface area contributed by atoms with Crippen LogP contribution in [0.25, 0.3) is 10.9 Å². The summed E-state index contributed by atoms with van der Waals surface area (Å²) >= 11 is 0. The fourth-order valence-corrected chi connectivity index (χ4v) is 8.47. The number of nitrogens with one attached hydrogen (secondary N) is 1. The minimum absolute atomic E-state index is 0.0451. The molecule has 1 aromatic heterocycles. The Morgan fingerprint density at radius 1 is 1.16 bits per heavy atom. The molecule has 11 nitrogen and oxygen atoms in total. The normalized spacial score (nSPS) is 33.5. The smallest absolute Gasteiger partial charge is 0.277 e. The van der Waals surface area contributed by atoms with E-state index in [-0.39, 0.29) is 29.4 Å². The van der Waals surface area contributed by atoms with Crippen LogP contribution >= 0.6 is 0 Å². The molecule has 0 spiro atoms. The Hall–Kier alpha value is -3.77. The molecule has 4 fully saturated rings. The van der Waals surface area contributed by atoms with Crippen molar-refractivity contribution in [3.05, 3.63) is 76.6 Å². The minimum Gasteiger partial charge on any atom is -0.754 e. The molecule has 4 saturated heterocycles. The van der Waals surface area contributed by atoms with Crippen molar-refractivity contribution in [1.29, 1.82) is 0 Å². The highest BCUT2D eigenvalue weighted by Crippen LogP contribution is 2.46. The quantitative estimate of drug-likeness (QED) is 0.448. The molecule has 3 amide bonds. The number of aromatic nitrogens is 1. The van der Waals surface area contributed by atoms with E-state index in [0.717, 1.165) is 28.0 Å². The van der Waals surface area contributed by atoms with Gasteiger partial charge in [-0.2, -0.15) is 0 Å². The van der Waals surface area contributed by atoms with Crippen molar-refractivity contribution in [3.8, 4) is 0 Å². The van der Waals surface area contributed by atoms with Crippen molar-refractivity contribution < 1.29 is 24.2 Å². The first-order valence-electron chi connectivity index (χ1n) is 15.1. The molecule has 224 valence electrons. The lowest BCUT2D eigenvalue weighted by molar-refractivity contribution is -0.308. The van der Waals surface area contributed by atoms with Gasteiger partial charge in [-0.05, 0) is 55.5 Å². The molecule has 0 bridgehead atoms. The monoisotopic (exact) mass is 584 g/mol. The molecule has 2 aromatic carbocycles. The second-order valence-corrected chi connectivity index (χ2v) is 12.7. The SMILES string of the molecule is CN1C[C@H](C(=O)N([O-])C2O[C@@]3(O)[C@@H]4CCCN4C(=O)[C@H](Cc4ccccc4)N3C2=O)CC2c3cccc4[nH]cc(c34)C[C@H]21. The zero-order valence-electron chi connectivity index (χ0n) is 23.9. The third-order valence-corrected chi connectivity index (χ3v) is 10.4. The fourth-order valence-electron chi connectivity index (χ4n) is 8.47. The number of piperazine rings is 1. The van der Waals surface area contributed by atoms with Crippen LogP contribution in [0.4, 0.5) is 0 Å². The van der Waals surface area contributed by atoms with Crippen LogP contribution in [0.5, 0.6) is 0 Å². The molecular formula is C32H34N5O6-. The number of aliphatic hydroxyl groups is 1. The Bertz CT molecular complexity index is 1630. The van der Waals surface area contributed by atoms with E-state index in [2.05, 4.69) is 22.1 Å². The maximum atomic E-state index is 13.9. The number of piperidine rings is 1. The standard InChI is InChI=1S/C32H34N5O6/c1-34-17-20(14-22-21-9-5-10-23-27(21)19(16-33-23)15-24(22)34)28(38)37(42)31-30(40)36-25(13-18-7-3-2-4-8-18)29(39)35-12-6-11-26(35)32(36,41)43-31/h2-5,7-10,16,20,22,24-26,31,33,41H,6,11-15,17H2,1H3/q-1/t20-,22?,24-,25+,26+,31?,32+/m1/s1. The van der Waals surface area contributed by atoms with Crippen LogP contribution in [0.1, 0.15) is 41.9 Å². The van der Waals surface area contributed by atoms with Gasteiger partial charge >= 0.3 is 0 Å². The molecule has 0 saturated carbocycles. The zero-order chi connectivity index (χ0) is 29.6. The van der Waals surface area contributed by atoms with Gasteiger partial charge in [0.2, 0.25) is 18.0 Å². The number of rotatable bonds is 4. The Kier molecular flexibility index (Phi) is 6.00. The molecular weight excluding hydrogens is 550 g/mol. The largest absolute Gasteiger partial charge is 0.754 e. The predicted molar refractivity (Wildman–Crippen MR) is 155 cm³/mol. The van der Waals surface area contributed by atoms with E-state index < -0.39 is 42.0 Å². The van der Waals surface area contributed by atoms with Crippen LogP contribution in [-0.4, -0.2) is 98.0 Å². The molecule has 0 radical (unpaired) electrons. The molecule has 2 unspecified atom stereocenters. The summed E-state index contributed by atoms with van der Waals surface area (Å²) in [5, 5.41) is 26.9. The van der Waals surface area contributed by atoms with E-state index in [9.17, 15) is 24.7 Å². The Labute approximate surface area is 248 Å². The molecule has 7 atom stereocenters. The van der Waals surface area contributed by atoms with Crippen LogP contribution in [0.15, 0.2) is 54.7 Å². The maximum Gasteiger partial charge on any atom is 0.277 e. The van der Waals surface area contributed by atoms with Gasteiger partial charge in [-0.15, -0.1) is 0 Å². The summed E-state index contributed by atoms with van der Waals surface area (Å²) in [4.78, 5) is 49.4. The first-order valence-corrected chi connectivity index (χ1v) is 15.1. The van der Waals surface area contributed by atoms with Gasteiger partial charge in [0.15, 0.2) is 0 Å². The van der Waals surface area contributed by atoms with Crippen molar-refractivity contribution in [2.45, 2.75) is 68.3 Å². The van der Waals surface area contributed by atoms with E-state index in [0.29, 0.717) is 32.4 Å². The van der Waals surface area contributed by atoms with Gasteiger partial charge < -0.3 is 30.2 Å². The fraction of sp³-hybridized carbons (Fsp3) is 0.469. The van der Waals surface area contributed by atoms with Gasteiger partial charge in [0.1, 0.15) is 12.1 Å². The number of aromatic amines is 1. The number of hydroxylamine groups is 2. The molecule has 2 N–H and O–H groups in total. The number of H-pyrrole nitrogens is 1. The lowest BCUT2D eigenvalue weighted by atomic mass is 9.72. The summed E-state index contributed by atoms with van der Waals surface area (Å²) < 4.78 is 5.90. The molecule has 3 aromatic rings. The first-order chi connectivity index (χ1) is 20.8. The number of nitrogens with zero attached hydrogens (tertiary/aromatic N) is 4. The third-order valence-electron chi connectivity index (χ3n) is 10.4. The highest BCUT2D eigenvalue weighted by Gasteiger charge is 2.66. The van der Waals surface area contributed by atoms with Crippen molar-refractivity contribution in [2.24, 2.45) is 5.92 Å². The van der Waals surface area contributed by atoms with Crippen molar-refractivity contribution in [2.75, 3.05) is 20.1 Å². The topological polar surface area (TPSA) is 132 Å². The number of carbonyl (C=O) groups excluding carboxylic acids is 3. The number of hydrogen-bond acceptors (Lipinski definition) is 7. The van der Waals surface area contributed by atoms with Crippen LogP contribution in [0.2, 0.25) is 0 Å². The molecule has 1 aliphatic carbocycles. The van der Waals surface area contributed by atoms with Gasteiger partial charge in [-0.25, -0.2) is 0 Å². The third kappa shape index (κ3) is 3.85. The molecule has 4 aliphatic heterocycles. The second kappa shape index (κ2) is 9.62. The van der Waals surface area contributed by atoms with Crippen LogP contribution < -0.4 is 0 Å². The van der Waals surface area contributed by atoms with E-state index in [1.165, 1.54) is 10.9 Å². The van der Waals surface area contributed by atoms with E-state index in [1.54, 1.807) is 4.90 Å². The average molecular weight is 585 g/mol. The number of benzene rings is 2. The number of likely N-dealkylation sites (N-methyl/N-ethyl adjacent to an activating group) is 1. The molecule has 5 aliphatic rings. The Morgan fingerprint density at radius 2 is 1.98 bits per heavy atom. The number of amides is 3. The Morgan fingerprint density at radius 3 is 2.79 bits per heavy atom. The first kappa shape index (κ1) is 26.8. The van der Waals surface area contributed by atoms with Gasteiger partial charge in [-0.1, -0.05) is 42.5 Å². The van der Waals surface area contributed by atoms with E-state index in [4.69, 9.17) is 4.74 Å². The van der Waals surface area contributed by atoms with E-state index in [1.807, 2.05) is 49.5 Å². The summed E-state index contributed by atoms with van der Waals surface area (Å²) in [7, 11) is 1.97. The molecule has 5 heterocycles. The van der Waals surface area contributed by atoms with Crippen molar-refractivity contribution in [1.82, 2.24) is 24.7 Å². The highest BCUT2D eigenvalue weighted by molar-refractivity contribution is 5.95. The lowest BCUT2D eigenvalue weighted by Crippen LogP contribution is -2.71. The van der Waals surface area contributed by atoms with Crippen LogP contribution in [-0.2, 0) is 32.0 Å². The molecule has 8 rings (SSSR count). The van der Waals surface area contributed by atoms with Gasteiger partial charge in [0.25, 0.3) is 11.8 Å². The number of fused-ring (bicyclic) bond motifs is 5. The van der Waals surface area contributed by atoms with Crippen LogP contribution in [0, 0.1) is 11.1 Å². The van der Waals surface area contributed by atoms with Crippen molar-refractivity contribution in [3.63, 3.8) is 0 Å². The predicted octanol–water partition coefficient (Wildman–Crippen LogP) is 1.90. The maximum absolute atomic E-state index is 13.9. The second-order valence-electron chi connectivity index (χ2n) is 12.7. The highest BCUT2D eigenvalue weighted by atomic mass is 16.7. The van der Waals surface area contributed by atoms with Gasteiger partial charge in [-0.3, -0.25) is 24.0 Å². The van der Waals surface area contributed by atoms with Gasteiger partial charge in [0, 0.05) is 48.6 Å². The van der Waals surface area contributed by atoms with Crippen molar-refractivity contribution >= 4 is 28.6 Å². The lowest BCUT2D eigenvalue weighted by Gasteiger charge is -2.48. The number of hydrogen-bond donors (Lipinski definition) is 2. The summed E-state index contributed by atoms with van der Waals surface area (Å²) in [6, 6.07) is 13.7. The van der Waals surface area contributed by atoms with Crippen LogP contribution in [0.3, 0.4) is 0 Å². The summed E-state index contributed by atoms with van der Waals surface area (Å²) in [6.45, 7) is 0.800. The Balaban J connectivity index is 1.08. The summed E-state index contributed by atoms with van der Waals surface area (Å²) in [5.74, 6) is -4.68. The molecule has 11 heteroatoms. The number of ether oxygens (including phenoxy) is 1. The molecule has 43 heavy (non-hydrogen) atoms. The average Bonchev–Trinajstić information content (AvgIpc) is 3.74. The minimum atomic E-state index is -2.19. The van der Waals surface area contributed by atoms with E-state index >= 15 is 0 Å². The summed E-state index contributed by atoms with van der Waals surface area (Å²) in [5.41, 5.74) is 4.28.